The molecule has 0 aliphatic rings. The second-order valence-corrected chi connectivity index (χ2v) is 9.49. The summed E-state index contributed by atoms with van der Waals surface area (Å²) in [5, 5.41) is 8.95. The Morgan fingerprint density at radius 2 is 1.51 bits per heavy atom. The van der Waals surface area contributed by atoms with Gasteiger partial charge in [0.2, 0.25) is 0 Å². The molecule has 2 rings (SSSR count). The first-order chi connectivity index (χ1) is 18.5. The number of hydrogen-bond donors (Lipinski definition) is 2. The smallest absolute Gasteiger partial charge is 0.340 e. The van der Waals surface area contributed by atoms with Crippen molar-refractivity contribution < 1.29 is 58.7 Å². The third kappa shape index (κ3) is 9.12. The fraction of sp³-hybridized carbons (Fsp3) is 0.304. The Hall–Kier alpha value is -2.75. The van der Waals surface area contributed by atoms with Crippen molar-refractivity contribution in [2.75, 3.05) is 6.54 Å². The van der Waals surface area contributed by atoms with Crippen molar-refractivity contribution in [2.45, 2.75) is 37.4 Å². The fourth-order valence-corrected chi connectivity index (χ4v) is 3.92. The predicted octanol–water partition coefficient (Wildman–Crippen LogP) is 8.22. The Labute approximate surface area is 239 Å². The van der Waals surface area contributed by atoms with Crippen molar-refractivity contribution in [1.82, 2.24) is 10.4 Å². The normalized spacial score (nSPS) is 14.5. The lowest BCUT2D eigenvalue weighted by molar-refractivity contribution is -0.213. The monoisotopic (exact) mass is 662 g/mol. The molecule has 2 aromatic rings. The lowest BCUT2D eigenvalue weighted by Gasteiger charge is -2.22. The van der Waals surface area contributed by atoms with Gasteiger partial charge >= 0.3 is 18.5 Å². The van der Waals surface area contributed by atoms with Crippen molar-refractivity contribution in [3.63, 3.8) is 0 Å². The molecule has 1 unspecified atom stereocenters. The summed E-state index contributed by atoms with van der Waals surface area (Å²) >= 11 is 17.2. The van der Waals surface area contributed by atoms with Crippen LogP contribution in [-0.2, 0) is 11.0 Å². The summed E-state index contributed by atoms with van der Waals surface area (Å²) in [5.74, 6) is -7.95. The van der Waals surface area contributed by atoms with Gasteiger partial charge in [0.1, 0.15) is 24.3 Å². The van der Waals surface area contributed by atoms with E-state index in [4.69, 9.17) is 34.8 Å². The van der Waals surface area contributed by atoms with Gasteiger partial charge in [-0.1, -0.05) is 40.9 Å². The Morgan fingerprint density at radius 1 is 0.976 bits per heavy atom. The molecule has 226 valence electrons. The molecule has 0 heterocycles. The summed E-state index contributed by atoms with van der Waals surface area (Å²) in [7, 11) is 0. The van der Waals surface area contributed by atoms with Crippen LogP contribution in [0.1, 0.15) is 39.9 Å². The second kappa shape index (κ2) is 12.6. The maximum absolute atomic E-state index is 15.0. The van der Waals surface area contributed by atoms with E-state index in [2.05, 4.69) is 0 Å². The van der Waals surface area contributed by atoms with Crippen LogP contribution in [0, 0.1) is 0 Å². The van der Waals surface area contributed by atoms with E-state index in [-0.39, 0.29) is 17.2 Å². The molecule has 0 aromatic heterocycles. The maximum Gasteiger partial charge on any atom is 0.417 e. The zero-order valence-electron chi connectivity index (χ0n) is 20.0. The van der Waals surface area contributed by atoms with Gasteiger partial charge in [-0.3, -0.25) is 14.8 Å². The first-order valence-electron chi connectivity index (χ1n) is 10.7. The molecule has 0 aliphatic carbocycles. The van der Waals surface area contributed by atoms with E-state index in [1.54, 1.807) is 5.32 Å². The standard InChI is InChI=1S/C23H15Cl3F10N2O3/c1-9(20(40)38(41)8-21(28,29)30)37-19(39)12-3-2-10(4-14(12)23(34,35)36)17(27)7-13(22(31,32)33)11-5-15(24)18(26)16(25)6-11/h2-7,9,13,41H,8H2,1H3,(H,37,39)/b17-7-/t9-,13?/m1/s1. The molecule has 0 saturated carbocycles. The van der Waals surface area contributed by atoms with Crippen LogP contribution in [-0.4, -0.2) is 47.0 Å². The SMILES string of the molecule is C[C@@H](NC(=O)c1ccc(/C(F)=C/C(c2cc(Cl)c(Cl)c(Cl)c2)C(F)(F)F)cc1C(F)(F)F)C(=O)N(O)CC(F)(F)F. The lowest BCUT2D eigenvalue weighted by Crippen LogP contribution is -2.48. The van der Waals surface area contributed by atoms with Crippen molar-refractivity contribution in [1.29, 1.82) is 0 Å². The predicted molar refractivity (Wildman–Crippen MR) is 127 cm³/mol. The highest BCUT2D eigenvalue weighted by Crippen LogP contribution is 2.42. The highest BCUT2D eigenvalue weighted by atomic mass is 35.5. The molecule has 0 fully saturated rings. The molecule has 2 atom stereocenters. The van der Waals surface area contributed by atoms with Gasteiger partial charge in [0, 0.05) is 5.56 Å². The Balaban J connectivity index is 2.47. The minimum absolute atomic E-state index is 0.0183. The third-order valence-electron chi connectivity index (χ3n) is 5.18. The molecule has 0 aliphatic heterocycles. The Bertz CT molecular complexity index is 1320. The van der Waals surface area contributed by atoms with Crippen LogP contribution in [0.2, 0.25) is 15.1 Å². The first-order valence-corrected chi connectivity index (χ1v) is 11.8. The number of halogens is 13. The minimum atomic E-state index is -5.39. The van der Waals surface area contributed by atoms with Gasteiger partial charge in [0.15, 0.2) is 0 Å². The number of nitrogens with zero attached hydrogens (tertiary/aromatic N) is 1. The van der Waals surface area contributed by atoms with Gasteiger partial charge in [0.05, 0.1) is 26.2 Å². The maximum atomic E-state index is 15.0. The van der Waals surface area contributed by atoms with Gasteiger partial charge in [0.25, 0.3) is 11.8 Å². The number of amides is 2. The van der Waals surface area contributed by atoms with E-state index in [1.807, 2.05) is 0 Å². The number of nitrogens with one attached hydrogen (secondary N) is 1. The van der Waals surface area contributed by atoms with Crippen LogP contribution < -0.4 is 5.32 Å². The van der Waals surface area contributed by atoms with Gasteiger partial charge < -0.3 is 5.32 Å². The van der Waals surface area contributed by atoms with Crippen LogP contribution in [0.5, 0.6) is 0 Å². The van der Waals surface area contributed by atoms with E-state index in [0.29, 0.717) is 12.1 Å². The molecular formula is C23H15Cl3F10N2O3. The van der Waals surface area contributed by atoms with E-state index in [9.17, 15) is 58.7 Å². The van der Waals surface area contributed by atoms with Crippen LogP contribution in [0.15, 0.2) is 36.4 Å². The highest BCUT2D eigenvalue weighted by Gasteiger charge is 2.41. The van der Waals surface area contributed by atoms with Gasteiger partial charge in [-0.15, -0.1) is 0 Å². The highest BCUT2D eigenvalue weighted by molar-refractivity contribution is 6.48. The van der Waals surface area contributed by atoms with Crippen molar-refractivity contribution in [3.8, 4) is 0 Å². The largest absolute Gasteiger partial charge is 0.417 e. The Kier molecular flexibility index (Phi) is 10.6. The van der Waals surface area contributed by atoms with Gasteiger partial charge in [-0.05, 0) is 42.8 Å². The van der Waals surface area contributed by atoms with Crippen molar-refractivity contribution >= 4 is 52.4 Å². The van der Waals surface area contributed by atoms with E-state index in [0.717, 1.165) is 19.1 Å². The summed E-state index contributed by atoms with van der Waals surface area (Å²) in [4.78, 5) is 24.3. The number of hydroxylamine groups is 2. The fourth-order valence-electron chi connectivity index (χ4n) is 3.31. The molecule has 5 nitrogen and oxygen atoms in total. The molecule has 2 aromatic carbocycles. The zero-order chi connectivity index (χ0) is 31.7. The molecule has 0 bridgehead atoms. The number of benzene rings is 2. The summed E-state index contributed by atoms with van der Waals surface area (Å²) in [6.45, 7) is -1.38. The molecule has 2 amide bonds. The minimum Gasteiger partial charge on any atom is -0.340 e. The average Bonchev–Trinajstić information content (AvgIpc) is 2.82. The third-order valence-corrected chi connectivity index (χ3v) is 6.37. The molecule has 0 spiro atoms. The number of rotatable bonds is 7. The number of allylic oxidation sites excluding steroid dienone is 1. The van der Waals surface area contributed by atoms with Gasteiger partial charge in [-0.2, -0.15) is 39.5 Å². The quantitative estimate of drug-likeness (QED) is 0.136. The van der Waals surface area contributed by atoms with Crippen molar-refractivity contribution in [2.24, 2.45) is 0 Å². The topological polar surface area (TPSA) is 69.6 Å². The van der Waals surface area contributed by atoms with E-state index < -0.39 is 92.0 Å². The molecule has 2 N–H and O–H groups in total. The summed E-state index contributed by atoms with van der Waals surface area (Å²) < 4.78 is 134. The summed E-state index contributed by atoms with van der Waals surface area (Å²) in [6.07, 6.45) is -15.7. The average molecular weight is 664 g/mol. The molecule has 18 heteroatoms. The van der Waals surface area contributed by atoms with Crippen LogP contribution >= 0.6 is 34.8 Å². The van der Waals surface area contributed by atoms with Crippen LogP contribution in [0.4, 0.5) is 43.9 Å². The number of carbonyl (C=O) groups excluding carboxylic acids is 2. The van der Waals surface area contributed by atoms with Crippen molar-refractivity contribution in [3.05, 3.63) is 73.7 Å². The summed E-state index contributed by atoms with van der Waals surface area (Å²) in [6, 6.07) is 0.430. The molecule has 0 radical (unpaired) electrons. The second-order valence-electron chi connectivity index (χ2n) is 8.30. The van der Waals surface area contributed by atoms with E-state index in [1.165, 1.54) is 0 Å². The number of alkyl halides is 9. The van der Waals surface area contributed by atoms with E-state index >= 15 is 0 Å². The number of hydrogen-bond acceptors (Lipinski definition) is 3. The zero-order valence-corrected chi connectivity index (χ0v) is 22.2. The van der Waals surface area contributed by atoms with Gasteiger partial charge in [-0.25, -0.2) is 9.45 Å². The lowest BCUT2D eigenvalue weighted by atomic mass is 9.95. The van der Waals surface area contributed by atoms with Crippen LogP contribution in [0.25, 0.3) is 5.83 Å². The molecular weight excluding hydrogens is 649 g/mol. The molecule has 0 saturated heterocycles. The first kappa shape index (κ1) is 34.5. The number of carbonyl (C=O) groups is 2. The Morgan fingerprint density at radius 3 is 1.98 bits per heavy atom. The molecule has 41 heavy (non-hydrogen) atoms. The summed E-state index contributed by atoms with van der Waals surface area (Å²) in [5.41, 5.74) is -4.84. The van der Waals surface area contributed by atoms with Crippen LogP contribution in [0.3, 0.4) is 0 Å².